The Morgan fingerprint density at radius 2 is 1.68 bits per heavy atom. The quantitative estimate of drug-likeness (QED) is 0.204. The standard InChI is InChI=1S/C38H51F2N5O2/c1-26-14-15-33(22-27(2)45-28(3)42-43-36(45)32-23-34(24-32)47-25-29-10-6-4-7-11-29)44(26)21-18-35(30-12-8-5-9-13-30)41-37(46)31-16-19-38(39,40)20-17-31/h4-13,26-27,31-35H,14-25H2,1-3H3,(H,41,46). The van der Waals surface area contributed by atoms with Crippen molar-refractivity contribution in [2.45, 2.75) is 134 Å². The predicted octanol–water partition coefficient (Wildman–Crippen LogP) is 7.93. The molecule has 254 valence electrons. The average molecular weight is 648 g/mol. The molecule has 3 aliphatic rings. The minimum atomic E-state index is -2.64. The van der Waals surface area contributed by atoms with Gasteiger partial charge in [0.25, 0.3) is 0 Å². The number of carbonyl (C=O) groups excluding carboxylic acids is 1. The fourth-order valence-corrected chi connectivity index (χ4v) is 8.07. The Balaban J connectivity index is 1.06. The molecule has 1 saturated heterocycles. The molecule has 1 N–H and O–H groups in total. The van der Waals surface area contributed by atoms with E-state index in [4.69, 9.17) is 4.74 Å². The second-order valence-electron chi connectivity index (χ2n) is 14.4. The Kier molecular flexibility index (Phi) is 10.7. The lowest BCUT2D eigenvalue weighted by molar-refractivity contribution is -0.130. The van der Waals surface area contributed by atoms with Gasteiger partial charge < -0.3 is 14.6 Å². The fourth-order valence-electron chi connectivity index (χ4n) is 8.07. The minimum Gasteiger partial charge on any atom is -0.373 e. The van der Waals surface area contributed by atoms with Crippen LogP contribution < -0.4 is 5.32 Å². The highest BCUT2D eigenvalue weighted by Gasteiger charge is 2.39. The minimum absolute atomic E-state index is 0.0895. The van der Waals surface area contributed by atoms with Gasteiger partial charge in [0.2, 0.25) is 11.8 Å². The summed E-state index contributed by atoms with van der Waals surface area (Å²) >= 11 is 0. The third-order valence-corrected chi connectivity index (χ3v) is 11.0. The van der Waals surface area contributed by atoms with Crippen LogP contribution in [0, 0.1) is 12.8 Å². The van der Waals surface area contributed by atoms with Gasteiger partial charge in [-0.3, -0.25) is 9.69 Å². The van der Waals surface area contributed by atoms with Crippen molar-refractivity contribution >= 4 is 5.91 Å². The lowest BCUT2D eigenvalue weighted by atomic mass is 9.81. The van der Waals surface area contributed by atoms with Gasteiger partial charge in [0.05, 0.1) is 18.8 Å². The van der Waals surface area contributed by atoms with Crippen LogP contribution in [0.2, 0.25) is 0 Å². The zero-order chi connectivity index (χ0) is 33.0. The number of aryl methyl sites for hydroxylation is 1. The van der Waals surface area contributed by atoms with Crippen LogP contribution in [0.25, 0.3) is 0 Å². The molecule has 1 aliphatic heterocycles. The van der Waals surface area contributed by atoms with Crippen molar-refractivity contribution in [1.82, 2.24) is 25.0 Å². The Labute approximate surface area is 278 Å². The summed E-state index contributed by atoms with van der Waals surface area (Å²) in [5.41, 5.74) is 2.27. The maximum atomic E-state index is 13.8. The Hall–Kier alpha value is -3.17. The Morgan fingerprint density at radius 1 is 1.00 bits per heavy atom. The van der Waals surface area contributed by atoms with Crippen molar-refractivity contribution in [1.29, 1.82) is 0 Å². The number of halogens is 2. The number of hydrogen-bond acceptors (Lipinski definition) is 5. The monoisotopic (exact) mass is 647 g/mol. The third-order valence-electron chi connectivity index (χ3n) is 11.0. The SMILES string of the molecule is Cc1nnc(C2CC(OCc3ccccc3)C2)n1C(C)CC1CCC(C)N1CCC(NC(=O)C1CCC(F)(F)CC1)c1ccccc1. The van der Waals surface area contributed by atoms with Gasteiger partial charge in [-0.15, -0.1) is 10.2 Å². The maximum Gasteiger partial charge on any atom is 0.248 e. The van der Waals surface area contributed by atoms with Gasteiger partial charge in [-0.25, -0.2) is 8.78 Å². The number of likely N-dealkylation sites (tertiary alicyclic amines) is 1. The number of hydrogen-bond donors (Lipinski definition) is 1. The summed E-state index contributed by atoms with van der Waals surface area (Å²) in [7, 11) is 0. The molecule has 0 bridgehead atoms. The second kappa shape index (κ2) is 14.9. The lowest BCUT2D eigenvalue weighted by Gasteiger charge is -2.36. The van der Waals surface area contributed by atoms with E-state index in [1.165, 1.54) is 5.56 Å². The van der Waals surface area contributed by atoms with E-state index in [0.717, 1.165) is 62.3 Å². The summed E-state index contributed by atoms with van der Waals surface area (Å²) in [6, 6.07) is 21.4. The van der Waals surface area contributed by atoms with Gasteiger partial charge in [0, 0.05) is 49.3 Å². The molecule has 3 fully saturated rings. The number of benzene rings is 2. The van der Waals surface area contributed by atoms with Gasteiger partial charge in [-0.2, -0.15) is 0 Å². The van der Waals surface area contributed by atoms with Crippen molar-refractivity contribution in [3.05, 3.63) is 83.4 Å². The molecule has 2 saturated carbocycles. The van der Waals surface area contributed by atoms with E-state index >= 15 is 0 Å². The first-order valence-corrected chi connectivity index (χ1v) is 17.7. The Bertz CT molecular complexity index is 1430. The van der Waals surface area contributed by atoms with Gasteiger partial charge in [-0.05, 0) is 83.3 Å². The van der Waals surface area contributed by atoms with Gasteiger partial charge in [0.15, 0.2) is 0 Å². The first kappa shape index (κ1) is 33.7. The molecular weight excluding hydrogens is 596 g/mol. The molecular formula is C38H51F2N5O2. The molecule has 4 unspecified atom stereocenters. The van der Waals surface area contributed by atoms with Crippen molar-refractivity contribution in [3.63, 3.8) is 0 Å². The summed E-state index contributed by atoms with van der Waals surface area (Å²) in [6.07, 6.45) is 6.35. The smallest absolute Gasteiger partial charge is 0.248 e. The van der Waals surface area contributed by atoms with E-state index < -0.39 is 5.92 Å². The average Bonchev–Trinajstić information content (AvgIpc) is 3.60. The van der Waals surface area contributed by atoms with E-state index in [1.807, 2.05) is 36.4 Å². The van der Waals surface area contributed by atoms with Gasteiger partial charge >= 0.3 is 0 Å². The van der Waals surface area contributed by atoms with E-state index in [2.05, 4.69) is 70.0 Å². The van der Waals surface area contributed by atoms with Crippen LogP contribution >= 0.6 is 0 Å². The molecule has 2 aromatic carbocycles. The van der Waals surface area contributed by atoms with Crippen molar-refractivity contribution in [2.24, 2.45) is 5.92 Å². The highest BCUT2D eigenvalue weighted by atomic mass is 19.3. The molecule has 4 atom stereocenters. The van der Waals surface area contributed by atoms with E-state index in [9.17, 15) is 13.6 Å². The number of rotatable bonds is 13. The van der Waals surface area contributed by atoms with E-state index in [0.29, 0.717) is 24.6 Å². The molecule has 0 radical (unpaired) electrons. The van der Waals surface area contributed by atoms with Crippen LogP contribution in [0.3, 0.4) is 0 Å². The summed E-state index contributed by atoms with van der Waals surface area (Å²) in [6.45, 7) is 8.17. The summed E-state index contributed by atoms with van der Waals surface area (Å²) in [5.74, 6) is -0.665. The molecule has 0 spiro atoms. The molecule has 47 heavy (non-hydrogen) atoms. The molecule has 9 heteroatoms. The molecule has 3 aromatic rings. The van der Waals surface area contributed by atoms with Gasteiger partial charge in [0.1, 0.15) is 11.6 Å². The number of amides is 1. The molecule has 1 aromatic heterocycles. The van der Waals surface area contributed by atoms with Crippen LogP contribution in [0.15, 0.2) is 60.7 Å². The highest BCUT2D eigenvalue weighted by Crippen LogP contribution is 2.41. The van der Waals surface area contributed by atoms with Crippen molar-refractivity contribution in [3.8, 4) is 0 Å². The molecule has 1 amide bonds. The normalized spacial score (nSPS) is 26.1. The van der Waals surface area contributed by atoms with E-state index in [-0.39, 0.29) is 55.7 Å². The number of alkyl halides is 2. The topological polar surface area (TPSA) is 72.3 Å². The van der Waals surface area contributed by atoms with Crippen molar-refractivity contribution < 1.29 is 18.3 Å². The number of nitrogens with one attached hydrogen (secondary N) is 1. The zero-order valence-electron chi connectivity index (χ0n) is 28.2. The van der Waals surface area contributed by atoms with Crippen LogP contribution in [-0.4, -0.2) is 56.2 Å². The zero-order valence-corrected chi connectivity index (χ0v) is 28.2. The number of ether oxygens (including phenoxy) is 1. The number of carbonyl (C=O) groups is 1. The Morgan fingerprint density at radius 3 is 2.38 bits per heavy atom. The maximum absolute atomic E-state index is 13.8. The fraction of sp³-hybridized carbons (Fsp3) is 0.605. The third kappa shape index (κ3) is 8.29. The van der Waals surface area contributed by atoms with Crippen LogP contribution in [0.1, 0.15) is 119 Å². The predicted molar refractivity (Wildman–Crippen MR) is 179 cm³/mol. The molecule has 2 aliphatic carbocycles. The number of aromatic nitrogens is 3. The first-order chi connectivity index (χ1) is 22.7. The molecule has 2 heterocycles. The van der Waals surface area contributed by atoms with Crippen LogP contribution in [0.5, 0.6) is 0 Å². The van der Waals surface area contributed by atoms with Crippen molar-refractivity contribution in [2.75, 3.05) is 6.54 Å². The van der Waals surface area contributed by atoms with Crippen LogP contribution in [-0.2, 0) is 16.1 Å². The number of nitrogens with zero attached hydrogens (tertiary/aromatic N) is 4. The first-order valence-electron chi connectivity index (χ1n) is 17.7. The lowest BCUT2D eigenvalue weighted by Crippen LogP contribution is -2.41. The molecule has 7 nitrogen and oxygen atoms in total. The summed E-state index contributed by atoms with van der Waals surface area (Å²) in [4.78, 5) is 15.9. The summed E-state index contributed by atoms with van der Waals surface area (Å²) < 4.78 is 36.1. The second-order valence-corrected chi connectivity index (χ2v) is 14.4. The summed E-state index contributed by atoms with van der Waals surface area (Å²) in [5, 5.41) is 12.4. The largest absolute Gasteiger partial charge is 0.373 e. The van der Waals surface area contributed by atoms with Crippen LogP contribution in [0.4, 0.5) is 8.78 Å². The molecule has 6 rings (SSSR count). The highest BCUT2D eigenvalue weighted by molar-refractivity contribution is 5.79. The van der Waals surface area contributed by atoms with Gasteiger partial charge in [-0.1, -0.05) is 60.7 Å². The van der Waals surface area contributed by atoms with E-state index in [1.54, 1.807) is 0 Å².